The van der Waals surface area contributed by atoms with E-state index in [2.05, 4.69) is 0 Å². The molecule has 0 radical (unpaired) electrons. The van der Waals surface area contributed by atoms with Crippen LogP contribution in [-0.4, -0.2) is 16.0 Å². The lowest BCUT2D eigenvalue weighted by atomic mass is 9.98. The van der Waals surface area contributed by atoms with Gasteiger partial charge in [0.1, 0.15) is 28.6 Å². The molecule has 0 saturated heterocycles. The predicted molar refractivity (Wildman–Crippen MR) is 60.8 cm³/mol. The second-order valence-corrected chi connectivity index (χ2v) is 4.09. The van der Waals surface area contributed by atoms with E-state index >= 15 is 0 Å². The molecule has 0 amide bonds. The van der Waals surface area contributed by atoms with Crippen molar-refractivity contribution in [1.29, 1.82) is 0 Å². The molecule has 1 aliphatic heterocycles. The highest BCUT2D eigenvalue weighted by Crippen LogP contribution is 2.41. The molecule has 1 aromatic heterocycles. The average Bonchev–Trinajstić information content (AvgIpc) is 2.80. The lowest BCUT2D eigenvalue weighted by molar-refractivity contribution is 0.0811. The van der Waals surface area contributed by atoms with Crippen LogP contribution in [0.3, 0.4) is 0 Å². The van der Waals surface area contributed by atoms with Crippen LogP contribution >= 0.6 is 0 Å². The van der Waals surface area contributed by atoms with E-state index in [1.54, 1.807) is 12.1 Å². The first kappa shape index (κ1) is 10.7. The Kier molecular flexibility index (Phi) is 2.26. The molecule has 0 fully saturated rings. The summed E-state index contributed by atoms with van der Waals surface area (Å²) in [6.07, 6.45) is 1.07. The summed E-state index contributed by atoms with van der Waals surface area (Å²) in [5.74, 6) is 0.0455. The van der Waals surface area contributed by atoms with Crippen LogP contribution in [0.25, 0.3) is 0 Å². The van der Waals surface area contributed by atoms with Gasteiger partial charge in [0.05, 0.1) is 12.7 Å². The number of hydrogen-bond acceptors (Lipinski definition) is 5. The van der Waals surface area contributed by atoms with Gasteiger partial charge in [-0.25, -0.2) is 0 Å². The summed E-state index contributed by atoms with van der Waals surface area (Å²) in [6, 6.07) is 5.85. The number of fused-ring (bicyclic) bond motifs is 1. The molecule has 18 heavy (non-hydrogen) atoms. The standard InChI is InChI=1S/C13H10O5/c14-7-4-8(15)13-9(16)6-11(18-12(13)5-7)10-2-1-3-17-10/h1-5,11,14-15H,6H2. The molecule has 0 saturated carbocycles. The van der Waals surface area contributed by atoms with Crippen molar-refractivity contribution >= 4 is 5.78 Å². The number of carbonyl (C=O) groups excluding carboxylic acids is 1. The van der Waals surface area contributed by atoms with Crippen LogP contribution in [0.15, 0.2) is 34.9 Å². The molecule has 5 nitrogen and oxygen atoms in total. The number of ketones is 1. The van der Waals surface area contributed by atoms with Gasteiger partial charge in [0, 0.05) is 12.1 Å². The van der Waals surface area contributed by atoms with Crippen molar-refractivity contribution in [1.82, 2.24) is 0 Å². The van der Waals surface area contributed by atoms with Crippen LogP contribution in [0.5, 0.6) is 17.2 Å². The minimum absolute atomic E-state index is 0.0961. The second-order valence-electron chi connectivity index (χ2n) is 4.09. The van der Waals surface area contributed by atoms with Gasteiger partial charge < -0.3 is 19.4 Å². The Morgan fingerprint density at radius 1 is 1.28 bits per heavy atom. The lowest BCUT2D eigenvalue weighted by Crippen LogP contribution is -2.20. The third kappa shape index (κ3) is 1.60. The summed E-state index contributed by atoms with van der Waals surface area (Å²) in [4.78, 5) is 12.0. The van der Waals surface area contributed by atoms with Gasteiger partial charge in [-0.3, -0.25) is 4.79 Å². The topological polar surface area (TPSA) is 79.9 Å². The van der Waals surface area contributed by atoms with Crippen LogP contribution in [0.2, 0.25) is 0 Å². The number of phenols is 2. The van der Waals surface area contributed by atoms with Crippen molar-refractivity contribution in [2.45, 2.75) is 12.5 Å². The molecular formula is C13H10O5. The van der Waals surface area contributed by atoms with Crippen LogP contribution in [0.1, 0.15) is 28.6 Å². The molecular weight excluding hydrogens is 236 g/mol. The van der Waals surface area contributed by atoms with E-state index in [1.807, 2.05) is 0 Å². The maximum atomic E-state index is 12.0. The molecule has 0 bridgehead atoms. The summed E-state index contributed by atoms with van der Waals surface area (Å²) in [7, 11) is 0. The number of hydrogen-bond donors (Lipinski definition) is 2. The number of ether oxygens (including phenoxy) is 1. The highest BCUT2D eigenvalue weighted by molar-refractivity contribution is 6.02. The minimum Gasteiger partial charge on any atom is -0.508 e. The quantitative estimate of drug-likeness (QED) is 0.807. The number of furan rings is 1. The first-order chi connectivity index (χ1) is 8.65. The van der Waals surface area contributed by atoms with Crippen molar-refractivity contribution in [3.8, 4) is 17.2 Å². The van der Waals surface area contributed by atoms with Gasteiger partial charge in [0.2, 0.25) is 0 Å². The van der Waals surface area contributed by atoms with E-state index in [1.165, 1.54) is 12.3 Å². The smallest absolute Gasteiger partial charge is 0.174 e. The van der Waals surface area contributed by atoms with Gasteiger partial charge in [-0.05, 0) is 12.1 Å². The Morgan fingerprint density at radius 2 is 2.11 bits per heavy atom. The third-order valence-electron chi connectivity index (χ3n) is 2.85. The van der Waals surface area contributed by atoms with E-state index in [4.69, 9.17) is 9.15 Å². The van der Waals surface area contributed by atoms with Crippen LogP contribution in [0, 0.1) is 0 Å². The Bertz CT molecular complexity index is 600. The van der Waals surface area contributed by atoms with Crippen molar-refractivity contribution in [2.24, 2.45) is 0 Å². The molecule has 2 aromatic rings. The van der Waals surface area contributed by atoms with E-state index in [-0.39, 0.29) is 35.0 Å². The SMILES string of the molecule is O=C1CC(c2ccco2)Oc2cc(O)cc(O)c21. The van der Waals surface area contributed by atoms with Crippen molar-refractivity contribution in [3.05, 3.63) is 41.9 Å². The fraction of sp³-hybridized carbons (Fsp3) is 0.154. The van der Waals surface area contributed by atoms with Gasteiger partial charge in [-0.2, -0.15) is 0 Å². The van der Waals surface area contributed by atoms with Gasteiger partial charge in [-0.1, -0.05) is 0 Å². The van der Waals surface area contributed by atoms with Gasteiger partial charge in [0.15, 0.2) is 11.9 Å². The van der Waals surface area contributed by atoms with Gasteiger partial charge in [-0.15, -0.1) is 0 Å². The summed E-state index contributed by atoms with van der Waals surface area (Å²) in [5, 5.41) is 19.0. The molecule has 2 heterocycles. The first-order valence-electron chi connectivity index (χ1n) is 5.44. The van der Waals surface area contributed by atoms with Crippen molar-refractivity contribution in [2.75, 3.05) is 0 Å². The van der Waals surface area contributed by atoms with Crippen molar-refractivity contribution < 1.29 is 24.2 Å². The number of carbonyl (C=O) groups is 1. The molecule has 1 aliphatic rings. The summed E-state index contributed by atoms with van der Waals surface area (Å²) in [6.45, 7) is 0. The zero-order valence-corrected chi connectivity index (χ0v) is 9.29. The zero-order chi connectivity index (χ0) is 12.7. The van der Waals surface area contributed by atoms with E-state index < -0.39 is 6.10 Å². The second kappa shape index (κ2) is 3.80. The maximum Gasteiger partial charge on any atom is 0.174 e. The monoisotopic (exact) mass is 246 g/mol. The number of Topliss-reactive ketones (excluding diaryl/α,β-unsaturated/α-hetero) is 1. The highest BCUT2D eigenvalue weighted by atomic mass is 16.5. The Morgan fingerprint density at radius 3 is 2.83 bits per heavy atom. The fourth-order valence-corrected chi connectivity index (χ4v) is 2.06. The molecule has 1 aromatic carbocycles. The van der Waals surface area contributed by atoms with Crippen molar-refractivity contribution in [3.63, 3.8) is 0 Å². The van der Waals surface area contributed by atoms with E-state index in [0.29, 0.717) is 5.76 Å². The van der Waals surface area contributed by atoms with Crippen LogP contribution in [0.4, 0.5) is 0 Å². The van der Waals surface area contributed by atoms with Gasteiger partial charge >= 0.3 is 0 Å². The summed E-state index contributed by atoms with van der Waals surface area (Å²) >= 11 is 0. The molecule has 92 valence electrons. The number of phenolic OH excluding ortho intramolecular Hbond substituents is 2. The molecule has 2 N–H and O–H groups in total. The number of aromatic hydroxyl groups is 2. The summed E-state index contributed by atoms with van der Waals surface area (Å²) in [5.41, 5.74) is 0.107. The molecule has 1 atom stereocenters. The molecule has 5 heteroatoms. The Labute approximate surface area is 102 Å². The largest absolute Gasteiger partial charge is 0.508 e. The number of benzene rings is 1. The molecule has 1 unspecified atom stereocenters. The normalized spacial score (nSPS) is 18.2. The Balaban J connectivity index is 2.04. The van der Waals surface area contributed by atoms with Crippen LogP contribution in [-0.2, 0) is 0 Å². The fourth-order valence-electron chi connectivity index (χ4n) is 2.06. The molecule has 0 aliphatic carbocycles. The van der Waals surface area contributed by atoms with E-state index in [0.717, 1.165) is 6.07 Å². The lowest BCUT2D eigenvalue weighted by Gasteiger charge is -2.24. The van der Waals surface area contributed by atoms with Crippen LogP contribution < -0.4 is 4.74 Å². The molecule has 0 spiro atoms. The maximum absolute atomic E-state index is 12.0. The average molecular weight is 246 g/mol. The third-order valence-corrected chi connectivity index (χ3v) is 2.85. The predicted octanol–water partition coefficient (Wildman–Crippen LogP) is 2.40. The minimum atomic E-state index is -0.527. The molecule has 3 rings (SSSR count). The Hall–Kier alpha value is -2.43. The summed E-state index contributed by atoms with van der Waals surface area (Å²) < 4.78 is 10.8. The highest BCUT2D eigenvalue weighted by Gasteiger charge is 2.31. The van der Waals surface area contributed by atoms with Gasteiger partial charge in [0.25, 0.3) is 0 Å². The van der Waals surface area contributed by atoms with E-state index in [9.17, 15) is 15.0 Å². The number of rotatable bonds is 1. The zero-order valence-electron chi connectivity index (χ0n) is 9.29. The first-order valence-corrected chi connectivity index (χ1v) is 5.44.